The largest absolute Gasteiger partial charge is 0.494 e. The number of unbranched alkanes of at least 4 members (excludes halogenated alkanes) is 13. The lowest BCUT2D eigenvalue weighted by molar-refractivity contribution is -0.115. The standard InChI is InChI=1S/C51H77N3O9S/c1-7-8-9-10-11-12-13-14-15-16-17-18-19-23-30-45(56)49-52-44-29-25-24-28-43(44)50(58)54(49)53-47(57)31-46(48(51(53)64)42-26-21-20-22-27-42)63-36-41(6)62-35-40(5)61-34-39(4)60-33-38(3)59-32-37(2)55/h20-22,24-29,31,37-41,45,48,55-56H,7-19,23,30,32-36H2,1-6H3. The van der Waals surface area contributed by atoms with Crippen molar-refractivity contribution in [3.8, 4) is 0 Å². The molecule has 0 spiro atoms. The van der Waals surface area contributed by atoms with Gasteiger partial charge in [0.25, 0.3) is 11.5 Å². The molecule has 64 heavy (non-hydrogen) atoms. The molecule has 2 aromatic carbocycles. The van der Waals surface area contributed by atoms with Gasteiger partial charge in [0.1, 0.15) is 23.5 Å². The van der Waals surface area contributed by atoms with Crippen molar-refractivity contribution in [2.45, 2.75) is 180 Å². The molecule has 1 amide bonds. The van der Waals surface area contributed by atoms with Gasteiger partial charge in [-0.2, -0.15) is 4.68 Å². The number of aliphatic hydroxyl groups is 2. The van der Waals surface area contributed by atoms with Gasteiger partial charge in [0.2, 0.25) is 0 Å². The van der Waals surface area contributed by atoms with Gasteiger partial charge < -0.3 is 33.9 Å². The van der Waals surface area contributed by atoms with Crippen LogP contribution in [0.15, 0.2) is 71.2 Å². The lowest BCUT2D eigenvalue weighted by atomic mass is 9.93. The van der Waals surface area contributed by atoms with Gasteiger partial charge in [-0.1, -0.05) is 151 Å². The van der Waals surface area contributed by atoms with Crippen LogP contribution in [0.4, 0.5) is 0 Å². The van der Waals surface area contributed by atoms with Crippen molar-refractivity contribution in [3.63, 3.8) is 0 Å². The van der Waals surface area contributed by atoms with Gasteiger partial charge in [0.05, 0.1) is 73.8 Å². The molecule has 0 aliphatic carbocycles. The highest BCUT2D eigenvalue weighted by Crippen LogP contribution is 2.33. The van der Waals surface area contributed by atoms with E-state index in [4.69, 9.17) is 40.9 Å². The minimum absolute atomic E-state index is 0.0780. The third-order valence-electron chi connectivity index (χ3n) is 11.4. The van der Waals surface area contributed by atoms with E-state index < -0.39 is 29.6 Å². The molecule has 13 heteroatoms. The van der Waals surface area contributed by atoms with Gasteiger partial charge in [0.15, 0.2) is 5.82 Å². The Morgan fingerprint density at radius 2 is 1.12 bits per heavy atom. The third kappa shape index (κ3) is 17.7. The van der Waals surface area contributed by atoms with E-state index in [0.717, 1.165) is 31.2 Å². The summed E-state index contributed by atoms with van der Waals surface area (Å²) in [5.74, 6) is -0.860. The lowest BCUT2D eigenvalue weighted by Gasteiger charge is -2.35. The van der Waals surface area contributed by atoms with Crippen molar-refractivity contribution in [1.29, 1.82) is 0 Å². The number of hydrogen-bond acceptors (Lipinski definition) is 11. The van der Waals surface area contributed by atoms with Crippen molar-refractivity contribution in [2.75, 3.05) is 38.0 Å². The number of carbonyl (C=O) groups excluding carboxylic acids is 1. The summed E-state index contributed by atoms with van der Waals surface area (Å²) in [6.07, 6.45) is 16.4. The number of nitrogens with zero attached hydrogens (tertiary/aromatic N) is 3. The number of aliphatic hydroxyl groups excluding tert-OH is 2. The third-order valence-corrected chi connectivity index (χ3v) is 11.8. The molecule has 0 bridgehead atoms. The van der Waals surface area contributed by atoms with Crippen molar-refractivity contribution in [3.05, 3.63) is 88.2 Å². The highest BCUT2D eigenvalue weighted by atomic mass is 32.1. The molecule has 3 aromatic rings. The topological polar surface area (TPSA) is 142 Å². The maximum absolute atomic E-state index is 14.4. The quantitative estimate of drug-likeness (QED) is 0.0446. The number of ether oxygens (including phenoxy) is 5. The summed E-state index contributed by atoms with van der Waals surface area (Å²) >= 11 is 6.11. The number of rotatable bonds is 33. The predicted molar refractivity (Wildman–Crippen MR) is 258 cm³/mol. The van der Waals surface area contributed by atoms with E-state index in [-0.39, 0.29) is 48.4 Å². The van der Waals surface area contributed by atoms with Gasteiger partial charge >= 0.3 is 0 Å². The Labute approximate surface area is 387 Å². The van der Waals surface area contributed by atoms with Crippen LogP contribution in [0.3, 0.4) is 0 Å². The van der Waals surface area contributed by atoms with E-state index in [2.05, 4.69) is 6.92 Å². The average molecular weight is 908 g/mol. The Balaban J connectivity index is 1.37. The number of thiocarbonyl (C=S) groups is 1. The molecule has 1 aromatic heterocycles. The van der Waals surface area contributed by atoms with E-state index in [0.29, 0.717) is 42.9 Å². The molecule has 0 radical (unpaired) electrons. The fraction of sp³-hybridized carbons (Fsp3) is 0.647. The van der Waals surface area contributed by atoms with Crippen LogP contribution in [0.5, 0.6) is 0 Å². The van der Waals surface area contributed by atoms with Gasteiger partial charge in [0, 0.05) is 6.08 Å². The van der Waals surface area contributed by atoms with Gasteiger partial charge in [-0.25, -0.2) is 9.99 Å². The summed E-state index contributed by atoms with van der Waals surface area (Å²) < 4.78 is 30.9. The summed E-state index contributed by atoms with van der Waals surface area (Å²) in [6, 6.07) is 16.4. The number of carbonyl (C=O) groups is 1. The first-order valence-electron chi connectivity index (χ1n) is 24.0. The smallest absolute Gasteiger partial charge is 0.280 e. The number of aromatic nitrogens is 2. The number of fused-ring (bicyclic) bond motifs is 1. The van der Waals surface area contributed by atoms with Crippen molar-refractivity contribution in [1.82, 2.24) is 9.66 Å². The average Bonchev–Trinajstić information content (AvgIpc) is 3.28. The number of hydrogen-bond donors (Lipinski definition) is 2. The zero-order valence-electron chi connectivity index (χ0n) is 39.5. The number of para-hydroxylation sites is 1. The van der Waals surface area contributed by atoms with Crippen LogP contribution in [0.25, 0.3) is 10.9 Å². The molecule has 356 valence electrons. The molecule has 1 aliphatic heterocycles. The van der Waals surface area contributed by atoms with E-state index in [1.54, 1.807) is 31.2 Å². The van der Waals surface area contributed by atoms with Crippen LogP contribution in [0.1, 0.15) is 161 Å². The first-order chi connectivity index (χ1) is 30.9. The van der Waals surface area contributed by atoms with E-state index in [1.165, 1.54) is 80.0 Å². The molecule has 0 saturated carbocycles. The highest BCUT2D eigenvalue weighted by molar-refractivity contribution is 7.80. The highest BCUT2D eigenvalue weighted by Gasteiger charge is 2.39. The maximum atomic E-state index is 14.4. The molecule has 7 atom stereocenters. The van der Waals surface area contributed by atoms with Crippen LogP contribution >= 0.6 is 12.2 Å². The monoisotopic (exact) mass is 908 g/mol. The van der Waals surface area contributed by atoms with E-state index >= 15 is 0 Å². The summed E-state index contributed by atoms with van der Waals surface area (Å²) in [6.45, 7) is 13.0. The predicted octanol–water partition coefficient (Wildman–Crippen LogP) is 9.79. The molecule has 0 fully saturated rings. The Kier molecular flexibility index (Phi) is 24.2. The van der Waals surface area contributed by atoms with Crippen LogP contribution in [0, 0.1) is 0 Å². The van der Waals surface area contributed by atoms with Crippen molar-refractivity contribution < 1.29 is 38.7 Å². The van der Waals surface area contributed by atoms with Crippen molar-refractivity contribution in [2.24, 2.45) is 0 Å². The molecule has 2 N–H and O–H groups in total. The van der Waals surface area contributed by atoms with Crippen molar-refractivity contribution >= 4 is 34.0 Å². The fourth-order valence-electron chi connectivity index (χ4n) is 7.71. The second-order valence-corrected chi connectivity index (χ2v) is 18.0. The molecule has 4 rings (SSSR count). The van der Waals surface area contributed by atoms with Crippen LogP contribution in [-0.2, 0) is 28.5 Å². The van der Waals surface area contributed by atoms with Gasteiger partial charge in [-0.3, -0.25) is 9.59 Å². The zero-order chi connectivity index (χ0) is 46.3. The second-order valence-electron chi connectivity index (χ2n) is 17.6. The maximum Gasteiger partial charge on any atom is 0.280 e. The van der Waals surface area contributed by atoms with Crippen LogP contribution in [-0.4, -0.2) is 94.3 Å². The molecule has 12 nitrogen and oxygen atoms in total. The minimum Gasteiger partial charge on any atom is -0.494 e. The SMILES string of the molecule is CCCCCCCCCCCCCCCCC(O)c1nc2ccccc2c(=O)n1N1C(=O)C=C(OCC(C)OCC(C)OCC(C)OCC(C)OCC(C)O)C(c2ccccc2)C1=S. The minimum atomic E-state index is -1.10. The van der Waals surface area contributed by atoms with Crippen LogP contribution < -0.4 is 10.6 Å². The molecule has 2 heterocycles. The molecule has 1 aliphatic rings. The molecular weight excluding hydrogens is 831 g/mol. The second kappa shape index (κ2) is 29.2. The Morgan fingerprint density at radius 1 is 0.641 bits per heavy atom. The Bertz CT molecular complexity index is 1910. The molecule has 0 saturated heterocycles. The first kappa shape index (κ1) is 53.1. The van der Waals surface area contributed by atoms with Gasteiger partial charge in [-0.15, -0.1) is 0 Å². The lowest BCUT2D eigenvalue weighted by Crippen LogP contribution is -2.55. The molecule has 7 unspecified atom stereocenters. The number of benzene rings is 2. The summed E-state index contributed by atoms with van der Waals surface area (Å²) in [4.78, 5) is 33.5. The Morgan fingerprint density at radius 3 is 1.67 bits per heavy atom. The molecular formula is C51H77N3O9S. The first-order valence-corrected chi connectivity index (χ1v) is 24.4. The Hall–Kier alpha value is -3.56. The fourth-order valence-corrected chi connectivity index (χ4v) is 8.14. The summed E-state index contributed by atoms with van der Waals surface area (Å²) in [5.41, 5.74) is 0.726. The van der Waals surface area contributed by atoms with Crippen LogP contribution in [0.2, 0.25) is 0 Å². The van der Waals surface area contributed by atoms with E-state index in [1.807, 2.05) is 58.0 Å². The van der Waals surface area contributed by atoms with E-state index in [9.17, 15) is 19.8 Å². The van der Waals surface area contributed by atoms with Gasteiger partial charge in [-0.05, 0) is 58.7 Å². The number of amides is 1. The normalized spacial score (nSPS) is 17.3. The summed E-state index contributed by atoms with van der Waals surface area (Å²) in [7, 11) is 0. The summed E-state index contributed by atoms with van der Waals surface area (Å²) in [5, 5.41) is 22.6. The zero-order valence-corrected chi connectivity index (χ0v) is 40.3.